The minimum absolute atomic E-state index is 0.214. The summed E-state index contributed by atoms with van der Waals surface area (Å²) < 4.78 is 0. The predicted molar refractivity (Wildman–Crippen MR) is 77.6 cm³/mol. The number of hydrogen-bond acceptors (Lipinski definition) is 4. The van der Waals surface area contributed by atoms with Crippen molar-refractivity contribution in [3.8, 4) is 0 Å². The topological polar surface area (TPSA) is 106 Å². The zero-order chi connectivity index (χ0) is 16.1. The van der Waals surface area contributed by atoms with Gasteiger partial charge in [0, 0.05) is 25.9 Å². The zero-order valence-electron chi connectivity index (χ0n) is 13.0. The van der Waals surface area contributed by atoms with E-state index in [1.807, 2.05) is 6.92 Å². The van der Waals surface area contributed by atoms with Gasteiger partial charge < -0.3 is 4.90 Å². The Labute approximate surface area is 130 Å². The van der Waals surface area contributed by atoms with Crippen LogP contribution in [-0.2, 0) is 0 Å². The lowest BCUT2D eigenvalue weighted by molar-refractivity contribution is -0.851. The van der Waals surface area contributed by atoms with E-state index in [-0.39, 0.29) is 12.1 Å². The zero-order valence-corrected chi connectivity index (χ0v) is 13.0. The van der Waals surface area contributed by atoms with Crippen molar-refractivity contribution in [3.63, 3.8) is 0 Å². The Hall–Kier alpha value is -1.38. The lowest BCUT2D eigenvalue weighted by atomic mass is 9.81. The average Bonchev–Trinajstić information content (AvgIpc) is 2.54. The van der Waals surface area contributed by atoms with Gasteiger partial charge in [-0.05, 0) is 38.0 Å². The van der Waals surface area contributed by atoms with E-state index in [1.165, 1.54) is 0 Å². The fourth-order valence-electron chi connectivity index (χ4n) is 3.90. The molecule has 0 aromatic heterocycles. The number of hydrogen-bond donors (Lipinski definition) is 5. The van der Waals surface area contributed by atoms with E-state index in [2.05, 4.69) is 0 Å². The quantitative estimate of drug-likeness (QED) is 0.364. The van der Waals surface area contributed by atoms with Crippen molar-refractivity contribution in [1.29, 1.82) is 0 Å². The van der Waals surface area contributed by atoms with Gasteiger partial charge in [-0.25, -0.2) is 20.0 Å². The van der Waals surface area contributed by atoms with Gasteiger partial charge in [0.2, 0.25) is 0 Å². The summed E-state index contributed by atoms with van der Waals surface area (Å²) in [5, 5.41) is 17.4. The number of rotatable bonds is 2. The van der Waals surface area contributed by atoms with Crippen molar-refractivity contribution in [3.05, 3.63) is 0 Å². The first-order valence-electron chi connectivity index (χ1n) is 8.04. The molecule has 22 heavy (non-hydrogen) atoms. The fourth-order valence-corrected chi connectivity index (χ4v) is 3.90. The van der Waals surface area contributed by atoms with Crippen LogP contribution in [0.2, 0.25) is 0 Å². The third kappa shape index (κ3) is 4.08. The maximum absolute atomic E-state index is 11.5. The number of hydroxylamine groups is 2. The van der Waals surface area contributed by atoms with E-state index in [0.29, 0.717) is 24.9 Å². The van der Waals surface area contributed by atoms with Crippen molar-refractivity contribution >= 4 is 12.1 Å². The van der Waals surface area contributed by atoms with E-state index in [4.69, 9.17) is 10.4 Å². The van der Waals surface area contributed by atoms with E-state index in [0.717, 1.165) is 43.5 Å². The maximum Gasteiger partial charge on any atom is 0.438 e. The van der Waals surface area contributed by atoms with Crippen molar-refractivity contribution < 1.29 is 24.9 Å². The lowest BCUT2D eigenvalue weighted by Gasteiger charge is -2.36. The summed E-state index contributed by atoms with van der Waals surface area (Å²) in [6, 6.07) is -0.542. The number of nitrogens with zero attached hydrogens (tertiary/aromatic N) is 1. The highest BCUT2D eigenvalue weighted by molar-refractivity contribution is 5.72. The average molecular weight is 315 g/mol. The molecule has 3 atom stereocenters. The number of urea groups is 2. The number of piperidine rings is 2. The molecule has 2 rings (SSSR count). The molecule has 0 aromatic rings. The van der Waals surface area contributed by atoms with Crippen LogP contribution >= 0.6 is 0 Å². The number of nitrogens with one attached hydrogen (secondary N) is 3. The first kappa shape index (κ1) is 17.0. The lowest BCUT2D eigenvalue weighted by Crippen LogP contribution is -3.20. The molecule has 0 aromatic carbocycles. The summed E-state index contributed by atoms with van der Waals surface area (Å²) in [4.78, 5) is 25.3. The number of carbonyl (C=O) groups is 2. The third-order valence-corrected chi connectivity index (χ3v) is 5.16. The molecule has 0 radical (unpaired) electrons. The molecule has 2 aliphatic heterocycles. The molecule has 8 heteroatoms. The monoisotopic (exact) mass is 315 g/mol. The Morgan fingerprint density at radius 1 is 1.14 bits per heavy atom. The molecule has 3 unspecified atom stereocenters. The van der Waals surface area contributed by atoms with E-state index >= 15 is 0 Å². The molecule has 4 amide bonds. The van der Waals surface area contributed by atoms with Crippen molar-refractivity contribution in [1.82, 2.24) is 15.9 Å². The van der Waals surface area contributed by atoms with Gasteiger partial charge >= 0.3 is 12.1 Å². The molecule has 2 heterocycles. The number of likely N-dealkylation sites (tertiary alicyclic amines) is 2. The third-order valence-electron chi connectivity index (χ3n) is 5.16. The van der Waals surface area contributed by atoms with Crippen LogP contribution in [0.5, 0.6) is 0 Å². The Bertz CT molecular complexity index is 398. The van der Waals surface area contributed by atoms with Gasteiger partial charge in [0.1, 0.15) is 0 Å². The molecule has 2 aliphatic rings. The largest absolute Gasteiger partial charge is 0.438 e. The van der Waals surface area contributed by atoms with Crippen molar-refractivity contribution in [2.75, 3.05) is 19.6 Å². The predicted octanol–water partition coefficient (Wildman–Crippen LogP) is -0.0305. The summed E-state index contributed by atoms with van der Waals surface area (Å²) in [7, 11) is 0. The molecular weight excluding hydrogens is 288 g/mol. The number of quaternary nitrogens is 1. The van der Waals surface area contributed by atoms with Gasteiger partial charge in [-0.2, -0.15) is 5.48 Å². The van der Waals surface area contributed by atoms with Gasteiger partial charge in [-0.15, -0.1) is 0 Å². The van der Waals surface area contributed by atoms with Crippen LogP contribution in [0.25, 0.3) is 0 Å². The summed E-state index contributed by atoms with van der Waals surface area (Å²) in [6.45, 7) is 4.17. The van der Waals surface area contributed by atoms with E-state index in [9.17, 15) is 9.59 Å². The van der Waals surface area contributed by atoms with Crippen LogP contribution in [-0.4, -0.2) is 53.1 Å². The molecule has 0 bridgehead atoms. The van der Waals surface area contributed by atoms with Crippen LogP contribution < -0.4 is 15.9 Å². The van der Waals surface area contributed by atoms with Crippen LogP contribution in [0.4, 0.5) is 9.59 Å². The fraction of sp³-hybridized carbons (Fsp3) is 0.857. The molecule has 0 aliphatic carbocycles. The van der Waals surface area contributed by atoms with Gasteiger partial charge in [0.25, 0.3) is 0 Å². The van der Waals surface area contributed by atoms with E-state index < -0.39 is 6.03 Å². The smallest absolute Gasteiger partial charge is 0.323 e. The first-order chi connectivity index (χ1) is 10.5. The van der Waals surface area contributed by atoms with Crippen LogP contribution in [0.1, 0.15) is 39.0 Å². The van der Waals surface area contributed by atoms with E-state index in [1.54, 1.807) is 15.9 Å². The summed E-state index contributed by atoms with van der Waals surface area (Å²) in [6.07, 6.45) is 5.04. The SMILES string of the molecule is CC1CC(CC2CCN(C(=O)NO)CC2)CC[NH+]1C(=O)NO. The Balaban J connectivity index is 1.75. The molecule has 0 spiro atoms. The highest BCUT2D eigenvalue weighted by atomic mass is 16.5. The van der Waals surface area contributed by atoms with Crippen LogP contribution in [0.15, 0.2) is 0 Å². The molecular formula is C14H27N4O4+. The standard InChI is InChI=1S/C14H26N4O4/c1-10-8-12(4-7-18(10)14(20)16-22)9-11-2-5-17(6-3-11)13(19)15-21/h10-12,21-22H,2-9H2,1H3,(H,15,19)(H,16,20)/p+1. The molecule has 0 saturated carbocycles. The highest BCUT2D eigenvalue weighted by Crippen LogP contribution is 2.28. The summed E-state index contributed by atoms with van der Waals surface area (Å²) >= 11 is 0. The second-order valence-corrected chi connectivity index (χ2v) is 6.59. The van der Waals surface area contributed by atoms with Crippen molar-refractivity contribution in [2.45, 2.75) is 45.1 Å². The Morgan fingerprint density at radius 2 is 1.82 bits per heavy atom. The Morgan fingerprint density at radius 3 is 2.36 bits per heavy atom. The number of amides is 4. The number of carbonyl (C=O) groups excluding carboxylic acids is 2. The highest BCUT2D eigenvalue weighted by Gasteiger charge is 2.35. The minimum Gasteiger partial charge on any atom is -0.323 e. The van der Waals surface area contributed by atoms with Crippen LogP contribution in [0, 0.1) is 11.8 Å². The summed E-state index contributed by atoms with van der Waals surface area (Å²) in [5.41, 5.74) is 3.43. The van der Waals surface area contributed by atoms with Gasteiger partial charge in [-0.3, -0.25) is 10.4 Å². The molecule has 2 saturated heterocycles. The minimum atomic E-state index is -0.418. The second-order valence-electron chi connectivity index (χ2n) is 6.59. The molecule has 5 N–H and O–H groups in total. The first-order valence-corrected chi connectivity index (χ1v) is 8.04. The summed E-state index contributed by atoms with van der Waals surface area (Å²) in [5.74, 6) is 1.21. The molecule has 8 nitrogen and oxygen atoms in total. The van der Waals surface area contributed by atoms with Gasteiger partial charge in [0.05, 0.1) is 12.6 Å². The normalized spacial score (nSPS) is 30.0. The molecule has 2 fully saturated rings. The van der Waals surface area contributed by atoms with Crippen molar-refractivity contribution in [2.24, 2.45) is 11.8 Å². The Kier molecular flexibility index (Phi) is 5.98. The maximum atomic E-state index is 11.5. The van der Waals surface area contributed by atoms with Gasteiger partial charge in [0.15, 0.2) is 0 Å². The second kappa shape index (κ2) is 7.75. The molecule has 126 valence electrons. The van der Waals surface area contributed by atoms with Crippen LogP contribution in [0.3, 0.4) is 0 Å². The van der Waals surface area contributed by atoms with Gasteiger partial charge in [-0.1, -0.05) is 0 Å².